The second-order valence-corrected chi connectivity index (χ2v) is 6.81. The van der Waals surface area contributed by atoms with Crippen LogP contribution in [0.2, 0.25) is 0 Å². The van der Waals surface area contributed by atoms with E-state index in [-0.39, 0.29) is 12.1 Å². The van der Waals surface area contributed by atoms with Crippen LogP contribution >= 0.6 is 11.3 Å². The number of hydrogen-bond donors (Lipinski definition) is 1. The molecule has 0 saturated carbocycles. The van der Waals surface area contributed by atoms with Gasteiger partial charge in [0.1, 0.15) is 6.33 Å². The van der Waals surface area contributed by atoms with Crippen LogP contribution in [0, 0.1) is 0 Å². The molecular formula is C18H20N4O2S. The predicted molar refractivity (Wildman–Crippen MR) is 97.6 cm³/mol. The van der Waals surface area contributed by atoms with Crippen molar-refractivity contribution in [2.45, 2.75) is 25.4 Å². The SMILES string of the molecule is CCOc1ccc(C2CC(c3cccs3)Nc3ncnn32)cc1OC. The van der Waals surface area contributed by atoms with Crippen molar-refractivity contribution in [3.63, 3.8) is 0 Å². The molecule has 0 spiro atoms. The van der Waals surface area contributed by atoms with Gasteiger partial charge in [-0.25, -0.2) is 4.68 Å². The molecule has 1 aliphatic rings. The topological polar surface area (TPSA) is 61.2 Å². The second-order valence-electron chi connectivity index (χ2n) is 5.84. The number of thiophene rings is 1. The van der Waals surface area contributed by atoms with Crippen LogP contribution in [0.3, 0.4) is 0 Å². The van der Waals surface area contributed by atoms with Gasteiger partial charge in [0.05, 0.1) is 25.8 Å². The Morgan fingerprint density at radius 1 is 1.32 bits per heavy atom. The fourth-order valence-corrected chi connectivity index (χ4v) is 4.03. The highest BCUT2D eigenvalue weighted by Crippen LogP contribution is 2.40. The Labute approximate surface area is 150 Å². The zero-order chi connectivity index (χ0) is 17.2. The first-order valence-corrected chi connectivity index (χ1v) is 9.18. The first kappa shape index (κ1) is 16.0. The monoisotopic (exact) mass is 356 g/mol. The fourth-order valence-electron chi connectivity index (χ4n) is 3.24. The van der Waals surface area contributed by atoms with Gasteiger partial charge >= 0.3 is 0 Å². The molecule has 0 saturated heterocycles. The molecule has 4 rings (SSSR count). The molecule has 25 heavy (non-hydrogen) atoms. The summed E-state index contributed by atoms with van der Waals surface area (Å²) >= 11 is 1.76. The molecule has 1 aromatic carbocycles. The van der Waals surface area contributed by atoms with Crippen LogP contribution in [0.1, 0.15) is 35.9 Å². The van der Waals surface area contributed by atoms with Gasteiger partial charge in [-0.15, -0.1) is 11.3 Å². The van der Waals surface area contributed by atoms with E-state index in [0.29, 0.717) is 6.61 Å². The molecule has 2 atom stereocenters. The Bertz CT molecular complexity index is 847. The fraction of sp³-hybridized carbons (Fsp3) is 0.333. The number of hydrogen-bond acceptors (Lipinski definition) is 6. The average Bonchev–Trinajstić information content (AvgIpc) is 3.33. The third kappa shape index (κ3) is 2.95. The number of benzene rings is 1. The van der Waals surface area contributed by atoms with Gasteiger partial charge in [-0.1, -0.05) is 12.1 Å². The number of anilines is 1. The molecule has 3 heterocycles. The molecule has 0 amide bonds. The third-order valence-electron chi connectivity index (χ3n) is 4.39. The third-order valence-corrected chi connectivity index (χ3v) is 5.38. The number of ether oxygens (including phenoxy) is 2. The summed E-state index contributed by atoms with van der Waals surface area (Å²) in [6.45, 7) is 2.57. The summed E-state index contributed by atoms with van der Waals surface area (Å²) in [5.74, 6) is 2.30. The summed E-state index contributed by atoms with van der Waals surface area (Å²) in [5, 5.41) is 10.0. The van der Waals surface area contributed by atoms with E-state index in [1.807, 2.05) is 23.7 Å². The van der Waals surface area contributed by atoms with Crippen molar-refractivity contribution in [1.29, 1.82) is 0 Å². The standard InChI is InChI=1S/C18H20N4O2S/c1-3-24-15-7-6-12(9-16(15)23-2)14-10-13(17-5-4-8-25-17)21-18-19-11-20-22(14)18/h4-9,11,13-14H,3,10H2,1-2H3,(H,19,20,21). The second kappa shape index (κ2) is 6.76. The minimum atomic E-state index is 0.0930. The summed E-state index contributed by atoms with van der Waals surface area (Å²) in [7, 11) is 1.67. The van der Waals surface area contributed by atoms with Crippen LogP contribution in [0.5, 0.6) is 11.5 Å². The number of rotatable bonds is 5. The summed E-state index contributed by atoms with van der Waals surface area (Å²) < 4.78 is 13.1. The zero-order valence-corrected chi connectivity index (χ0v) is 15.0. The molecule has 2 aromatic heterocycles. The molecule has 1 aliphatic heterocycles. The van der Waals surface area contributed by atoms with Gasteiger partial charge in [-0.3, -0.25) is 0 Å². The van der Waals surface area contributed by atoms with Gasteiger partial charge in [-0.05, 0) is 42.5 Å². The van der Waals surface area contributed by atoms with E-state index in [1.165, 1.54) is 4.88 Å². The highest BCUT2D eigenvalue weighted by atomic mass is 32.1. The van der Waals surface area contributed by atoms with Gasteiger partial charge in [0.2, 0.25) is 5.95 Å². The molecule has 130 valence electrons. The summed E-state index contributed by atoms with van der Waals surface area (Å²) in [6, 6.07) is 10.6. The van der Waals surface area contributed by atoms with Crippen LogP contribution in [0.25, 0.3) is 0 Å². The number of fused-ring (bicyclic) bond motifs is 1. The molecule has 0 fully saturated rings. The number of nitrogens with zero attached hydrogens (tertiary/aromatic N) is 3. The lowest BCUT2D eigenvalue weighted by Crippen LogP contribution is -2.27. The van der Waals surface area contributed by atoms with Crippen LogP contribution in [0.4, 0.5) is 5.95 Å². The lowest BCUT2D eigenvalue weighted by Gasteiger charge is -2.31. The van der Waals surface area contributed by atoms with E-state index < -0.39 is 0 Å². The molecule has 0 radical (unpaired) electrons. The summed E-state index contributed by atoms with van der Waals surface area (Å²) in [4.78, 5) is 5.67. The smallest absolute Gasteiger partial charge is 0.222 e. The Morgan fingerprint density at radius 3 is 3.00 bits per heavy atom. The summed E-state index contributed by atoms with van der Waals surface area (Å²) in [5.41, 5.74) is 1.13. The number of nitrogens with one attached hydrogen (secondary N) is 1. The lowest BCUT2D eigenvalue weighted by molar-refractivity contribution is 0.310. The van der Waals surface area contributed by atoms with Crippen molar-refractivity contribution in [2.75, 3.05) is 19.0 Å². The first-order valence-electron chi connectivity index (χ1n) is 8.30. The molecule has 2 unspecified atom stereocenters. The highest BCUT2D eigenvalue weighted by Gasteiger charge is 2.30. The maximum Gasteiger partial charge on any atom is 0.222 e. The molecule has 6 nitrogen and oxygen atoms in total. The summed E-state index contributed by atoms with van der Waals surface area (Å²) in [6.07, 6.45) is 2.49. The quantitative estimate of drug-likeness (QED) is 0.751. The first-order chi connectivity index (χ1) is 12.3. The predicted octanol–water partition coefficient (Wildman–Crippen LogP) is 3.89. The van der Waals surface area contributed by atoms with Gasteiger partial charge in [-0.2, -0.15) is 10.1 Å². The minimum Gasteiger partial charge on any atom is -0.493 e. The highest BCUT2D eigenvalue weighted by molar-refractivity contribution is 7.10. The lowest BCUT2D eigenvalue weighted by atomic mass is 9.96. The van der Waals surface area contributed by atoms with Crippen LogP contribution < -0.4 is 14.8 Å². The van der Waals surface area contributed by atoms with Gasteiger partial charge < -0.3 is 14.8 Å². The number of methoxy groups -OCH3 is 1. The van der Waals surface area contributed by atoms with Crippen molar-refractivity contribution in [1.82, 2.24) is 14.8 Å². The molecule has 7 heteroatoms. The van der Waals surface area contributed by atoms with Gasteiger partial charge in [0, 0.05) is 4.88 Å². The largest absolute Gasteiger partial charge is 0.493 e. The minimum absolute atomic E-state index is 0.0930. The average molecular weight is 356 g/mol. The van der Waals surface area contributed by atoms with Crippen molar-refractivity contribution < 1.29 is 9.47 Å². The van der Waals surface area contributed by atoms with Gasteiger partial charge in [0.25, 0.3) is 0 Å². The molecule has 0 bridgehead atoms. The van der Waals surface area contributed by atoms with Crippen LogP contribution in [0.15, 0.2) is 42.0 Å². The van der Waals surface area contributed by atoms with Crippen LogP contribution in [-0.4, -0.2) is 28.5 Å². The molecule has 0 aliphatic carbocycles. The van der Waals surface area contributed by atoms with Crippen molar-refractivity contribution >= 4 is 17.3 Å². The van der Waals surface area contributed by atoms with E-state index in [9.17, 15) is 0 Å². The van der Waals surface area contributed by atoms with Crippen molar-refractivity contribution in [2.24, 2.45) is 0 Å². The van der Waals surface area contributed by atoms with E-state index in [2.05, 4.69) is 39.0 Å². The van der Waals surface area contributed by atoms with E-state index in [0.717, 1.165) is 29.4 Å². The molecule has 1 N–H and O–H groups in total. The Hall–Kier alpha value is -2.54. The number of aromatic nitrogens is 3. The molecule has 3 aromatic rings. The normalized spacial score (nSPS) is 19.1. The van der Waals surface area contributed by atoms with E-state index >= 15 is 0 Å². The maximum absolute atomic E-state index is 5.63. The van der Waals surface area contributed by atoms with Crippen molar-refractivity contribution in [3.05, 3.63) is 52.5 Å². The zero-order valence-electron chi connectivity index (χ0n) is 14.2. The van der Waals surface area contributed by atoms with Crippen LogP contribution in [-0.2, 0) is 0 Å². The Kier molecular flexibility index (Phi) is 4.31. The maximum atomic E-state index is 5.63. The van der Waals surface area contributed by atoms with E-state index in [4.69, 9.17) is 9.47 Å². The van der Waals surface area contributed by atoms with E-state index in [1.54, 1.807) is 24.8 Å². The van der Waals surface area contributed by atoms with Gasteiger partial charge in [0.15, 0.2) is 11.5 Å². The Morgan fingerprint density at radius 2 is 2.24 bits per heavy atom. The Balaban J connectivity index is 1.71. The van der Waals surface area contributed by atoms with Crippen molar-refractivity contribution in [3.8, 4) is 11.5 Å². The molecular weight excluding hydrogens is 336 g/mol.